The maximum Gasteiger partial charge on any atom is 0.331 e. The average molecular weight is 457 g/mol. The van der Waals surface area contributed by atoms with E-state index in [1.807, 2.05) is 19.1 Å². The standard InChI is InChI=1S/C24H28N2O5S/c1-19-6-11-21(12-7-19)25-23(27)18-31-24(28)15-10-20-8-13-22(14-9-20)32(29,30)26-16-4-2-3-5-17-26/h6-15H,2-5,16-18H2,1H3,(H,25,27)/b15-10+. The first-order valence-electron chi connectivity index (χ1n) is 10.7. The number of carbonyl (C=O) groups is 2. The van der Waals surface area contributed by atoms with E-state index in [0.29, 0.717) is 24.3 Å². The van der Waals surface area contributed by atoms with Gasteiger partial charge < -0.3 is 10.1 Å². The van der Waals surface area contributed by atoms with E-state index in [1.165, 1.54) is 12.2 Å². The Labute approximate surface area is 189 Å². The highest BCUT2D eigenvalue weighted by atomic mass is 32.2. The topological polar surface area (TPSA) is 92.8 Å². The van der Waals surface area contributed by atoms with E-state index in [4.69, 9.17) is 4.74 Å². The molecule has 2 aromatic rings. The Balaban J connectivity index is 1.50. The van der Waals surface area contributed by atoms with E-state index in [1.54, 1.807) is 40.7 Å². The van der Waals surface area contributed by atoms with E-state index in [-0.39, 0.29) is 4.90 Å². The van der Waals surface area contributed by atoms with Gasteiger partial charge >= 0.3 is 5.97 Å². The van der Waals surface area contributed by atoms with Gasteiger partial charge in [0.25, 0.3) is 5.91 Å². The zero-order valence-electron chi connectivity index (χ0n) is 18.1. The summed E-state index contributed by atoms with van der Waals surface area (Å²) < 4.78 is 32.1. The van der Waals surface area contributed by atoms with Gasteiger partial charge in [-0.1, -0.05) is 42.7 Å². The van der Waals surface area contributed by atoms with Crippen LogP contribution in [0.15, 0.2) is 59.5 Å². The van der Waals surface area contributed by atoms with Crippen molar-refractivity contribution in [1.29, 1.82) is 0 Å². The fraction of sp³-hybridized carbons (Fsp3) is 0.333. The van der Waals surface area contributed by atoms with Crippen molar-refractivity contribution in [2.75, 3.05) is 25.0 Å². The molecule has 0 spiro atoms. The lowest BCUT2D eigenvalue weighted by Crippen LogP contribution is -2.31. The van der Waals surface area contributed by atoms with Gasteiger partial charge in [0.15, 0.2) is 6.61 Å². The summed E-state index contributed by atoms with van der Waals surface area (Å²) in [6.45, 7) is 2.65. The van der Waals surface area contributed by atoms with Gasteiger partial charge in [-0.25, -0.2) is 13.2 Å². The second kappa shape index (κ2) is 11.1. The largest absolute Gasteiger partial charge is 0.452 e. The van der Waals surface area contributed by atoms with Gasteiger partial charge in [0, 0.05) is 24.9 Å². The number of anilines is 1. The molecule has 1 aliphatic rings. The molecule has 8 heteroatoms. The van der Waals surface area contributed by atoms with Crippen LogP contribution in [-0.4, -0.2) is 44.3 Å². The minimum absolute atomic E-state index is 0.243. The third-order valence-corrected chi connectivity index (χ3v) is 7.09. The van der Waals surface area contributed by atoms with Crippen molar-refractivity contribution in [3.05, 3.63) is 65.7 Å². The highest BCUT2D eigenvalue weighted by Gasteiger charge is 2.24. The number of benzene rings is 2. The highest BCUT2D eigenvalue weighted by molar-refractivity contribution is 7.89. The Hall–Kier alpha value is -2.97. The summed E-state index contributed by atoms with van der Waals surface area (Å²) in [6.07, 6.45) is 6.59. The molecule has 2 aromatic carbocycles. The lowest BCUT2D eigenvalue weighted by Gasteiger charge is -2.19. The van der Waals surface area contributed by atoms with Gasteiger partial charge in [-0.05, 0) is 55.7 Å². The molecule has 1 heterocycles. The van der Waals surface area contributed by atoms with Gasteiger partial charge in [-0.2, -0.15) is 4.31 Å². The molecule has 1 aliphatic heterocycles. The number of aryl methyl sites for hydroxylation is 1. The van der Waals surface area contributed by atoms with Crippen LogP contribution in [0.1, 0.15) is 36.8 Å². The second-order valence-electron chi connectivity index (χ2n) is 7.74. The molecule has 0 radical (unpaired) electrons. The summed E-state index contributed by atoms with van der Waals surface area (Å²) in [4.78, 5) is 24.0. The van der Waals surface area contributed by atoms with Crippen LogP contribution in [0.4, 0.5) is 5.69 Å². The first kappa shape index (κ1) is 23.7. The molecule has 0 atom stereocenters. The Morgan fingerprint density at radius 3 is 2.22 bits per heavy atom. The number of nitrogens with zero attached hydrogens (tertiary/aromatic N) is 1. The number of rotatable bonds is 7. The van der Waals surface area contributed by atoms with Crippen LogP contribution < -0.4 is 5.32 Å². The molecule has 1 fully saturated rings. The number of carbonyl (C=O) groups excluding carboxylic acids is 2. The summed E-state index contributed by atoms with van der Waals surface area (Å²) >= 11 is 0. The number of esters is 1. The normalized spacial score (nSPS) is 15.3. The molecule has 3 rings (SSSR count). The van der Waals surface area contributed by atoms with E-state index < -0.39 is 28.5 Å². The number of nitrogens with one attached hydrogen (secondary N) is 1. The van der Waals surface area contributed by atoms with Crippen molar-refractivity contribution >= 4 is 33.7 Å². The van der Waals surface area contributed by atoms with E-state index in [9.17, 15) is 18.0 Å². The Morgan fingerprint density at radius 2 is 1.59 bits per heavy atom. The minimum Gasteiger partial charge on any atom is -0.452 e. The number of sulfonamides is 1. The van der Waals surface area contributed by atoms with Crippen LogP contribution in [0.5, 0.6) is 0 Å². The molecule has 0 aliphatic carbocycles. The quantitative estimate of drug-likeness (QED) is 0.506. The van der Waals surface area contributed by atoms with Crippen molar-refractivity contribution in [2.24, 2.45) is 0 Å². The van der Waals surface area contributed by atoms with Gasteiger partial charge in [0.05, 0.1) is 4.90 Å². The average Bonchev–Trinajstić information content (AvgIpc) is 3.08. The van der Waals surface area contributed by atoms with E-state index >= 15 is 0 Å². The van der Waals surface area contributed by atoms with Crippen molar-refractivity contribution in [3.63, 3.8) is 0 Å². The Bertz CT molecular complexity index is 1050. The smallest absolute Gasteiger partial charge is 0.331 e. The van der Waals surface area contributed by atoms with Gasteiger partial charge in [0.1, 0.15) is 0 Å². The summed E-state index contributed by atoms with van der Waals surface area (Å²) in [5.41, 5.74) is 2.36. The van der Waals surface area contributed by atoms with E-state index in [0.717, 1.165) is 31.2 Å². The number of hydrogen-bond acceptors (Lipinski definition) is 5. The first-order chi connectivity index (χ1) is 15.3. The van der Waals surface area contributed by atoms with Gasteiger partial charge in [0.2, 0.25) is 10.0 Å². The maximum absolute atomic E-state index is 12.8. The summed E-state index contributed by atoms with van der Waals surface area (Å²) in [7, 11) is -3.51. The lowest BCUT2D eigenvalue weighted by atomic mass is 10.2. The molecule has 0 unspecified atom stereocenters. The molecular weight excluding hydrogens is 428 g/mol. The predicted molar refractivity (Wildman–Crippen MR) is 123 cm³/mol. The third kappa shape index (κ3) is 6.77. The van der Waals surface area contributed by atoms with Gasteiger partial charge in [-0.3, -0.25) is 4.79 Å². The van der Waals surface area contributed by atoms with Crippen molar-refractivity contribution < 1.29 is 22.7 Å². The second-order valence-corrected chi connectivity index (χ2v) is 9.68. The van der Waals surface area contributed by atoms with Crippen LogP contribution in [0, 0.1) is 6.92 Å². The molecule has 1 amide bonds. The van der Waals surface area contributed by atoms with Crippen LogP contribution in [-0.2, 0) is 24.3 Å². The van der Waals surface area contributed by atoms with Crippen LogP contribution in [0.2, 0.25) is 0 Å². The molecule has 1 saturated heterocycles. The van der Waals surface area contributed by atoms with E-state index in [2.05, 4.69) is 5.32 Å². The molecule has 32 heavy (non-hydrogen) atoms. The third-order valence-electron chi connectivity index (χ3n) is 5.18. The summed E-state index contributed by atoms with van der Waals surface area (Å²) in [5, 5.41) is 2.65. The maximum atomic E-state index is 12.8. The molecule has 0 saturated carbocycles. The zero-order valence-corrected chi connectivity index (χ0v) is 18.9. The predicted octanol–water partition coefficient (Wildman–Crippen LogP) is 3.75. The lowest BCUT2D eigenvalue weighted by molar-refractivity contribution is -0.142. The fourth-order valence-corrected chi connectivity index (χ4v) is 4.88. The molecule has 0 bridgehead atoms. The highest BCUT2D eigenvalue weighted by Crippen LogP contribution is 2.21. The number of hydrogen-bond donors (Lipinski definition) is 1. The van der Waals surface area contributed by atoms with Crippen LogP contribution in [0.25, 0.3) is 6.08 Å². The van der Waals surface area contributed by atoms with Crippen LogP contribution >= 0.6 is 0 Å². The summed E-state index contributed by atoms with van der Waals surface area (Å²) in [6, 6.07) is 13.6. The van der Waals surface area contributed by atoms with Gasteiger partial charge in [-0.15, -0.1) is 0 Å². The Kier molecular flexibility index (Phi) is 8.19. The van der Waals surface area contributed by atoms with Crippen molar-refractivity contribution in [1.82, 2.24) is 4.31 Å². The number of amides is 1. The number of ether oxygens (including phenoxy) is 1. The molecule has 170 valence electrons. The minimum atomic E-state index is -3.51. The van der Waals surface area contributed by atoms with Crippen molar-refractivity contribution in [2.45, 2.75) is 37.5 Å². The van der Waals surface area contributed by atoms with Crippen molar-refractivity contribution in [3.8, 4) is 0 Å². The zero-order chi connectivity index (χ0) is 23.0. The SMILES string of the molecule is Cc1ccc(NC(=O)COC(=O)/C=C/c2ccc(S(=O)(=O)N3CCCCCC3)cc2)cc1. The Morgan fingerprint density at radius 1 is 0.969 bits per heavy atom. The molecule has 7 nitrogen and oxygen atoms in total. The summed E-state index contributed by atoms with van der Waals surface area (Å²) in [5.74, 6) is -1.09. The first-order valence-corrected chi connectivity index (χ1v) is 12.1. The molecule has 0 aromatic heterocycles. The molecular formula is C24H28N2O5S. The molecule has 1 N–H and O–H groups in total. The monoisotopic (exact) mass is 456 g/mol. The van der Waals surface area contributed by atoms with Crippen LogP contribution in [0.3, 0.4) is 0 Å². The fourth-order valence-electron chi connectivity index (χ4n) is 3.37.